The van der Waals surface area contributed by atoms with Gasteiger partial charge in [0.2, 0.25) is 0 Å². The zero-order valence-electron chi connectivity index (χ0n) is 9.20. The van der Waals surface area contributed by atoms with Gasteiger partial charge in [-0.25, -0.2) is 0 Å². The molecule has 1 aromatic rings. The van der Waals surface area contributed by atoms with Crippen LogP contribution in [-0.2, 0) is 0 Å². The van der Waals surface area contributed by atoms with E-state index < -0.39 is 6.10 Å². The van der Waals surface area contributed by atoms with Gasteiger partial charge in [0.25, 0.3) is 0 Å². The first kappa shape index (κ1) is 12.5. The molecule has 0 amide bonds. The molecule has 0 bridgehead atoms. The molecule has 0 heterocycles. The van der Waals surface area contributed by atoms with Gasteiger partial charge in [0.05, 0.1) is 6.10 Å². The molecular weight excluding hydrogens is 254 g/mol. The van der Waals surface area contributed by atoms with E-state index in [1.807, 2.05) is 18.2 Å². The topological polar surface area (TPSA) is 46.2 Å². The molecule has 0 radical (unpaired) electrons. The lowest BCUT2D eigenvalue weighted by Gasteiger charge is -2.21. The van der Waals surface area contributed by atoms with Crippen LogP contribution in [0.4, 0.5) is 5.69 Å². The average Bonchev–Trinajstić information content (AvgIpc) is 2.23. The fraction of sp³-hybridized carbons (Fsp3) is 0.500. The van der Waals surface area contributed by atoms with Crippen molar-refractivity contribution in [2.75, 3.05) is 5.73 Å². The monoisotopic (exact) mass is 271 g/mol. The normalized spacial score (nSPS) is 13.1. The molecule has 0 spiro atoms. The van der Waals surface area contributed by atoms with E-state index in [2.05, 4.69) is 29.8 Å². The van der Waals surface area contributed by atoms with E-state index in [1.165, 1.54) is 0 Å². The second-order valence-corrected chi connectivity index (χ2v) is 4.71. The van der Waals surface area contributed by atoms with E-state index in [0.29, 0.717) is 5.69 Å². The highest BCUT2D eigenvalue weighted by atomic mass is 79.9. The van der Waals surface area contributed by atoms with E-state index in [0.717, 1.165) is 22.9 Å². The van der Waals surface area contributed by atoms with Gasteiger partial charge in [-0.1, -0.05) is 42.6 Å². The number of halogens is 1. The summed E-state index contributed by atoms with van der Waals surface area (Å²) in [5.41, 5.74) is 7.35. The van der Waals surface area contributed by atoms with Crippen LogP contribution in [0.1, 0.15) is 38.4 Å². The van der Waals surface area contributed by atoms with Gasteiger partial charge in [0, 0.05) is 15.7 Å². The van der Waals surface area contributed by atoms with Crippen molar-refractivity contribution in [3.8, 4) is 0 Å². The first-order valence-corrected chi connectivity index (χ1v) is 6.12. The summed E-state index contributed by atoms with van der Waals surface area (Å²) in [6.45, 7) is 4.18. The van der Waals surface area contributed by atoms with Crippen molar-refractivity contribution in [1.29, 1.82) is 0 Å². The molecule has 0 fully saturated rings. The SMILES string of the molecule is CCC(CC)C(O)c1cc(Br)ccc1N. The standard InChI is InChI=1S/C12H18BrNO/c1-3-8(4-2)12(15)10-7-9(13)5-6-11(10)14/h5-8,12,15H,3-4,14H2,1-2H3. The zero-order chi connectivity index (χ0) is 11.4. The Bertz CT molecular complexity index is 323. The second kappa shape index (κ2) is 5.52. The molecule has 2 nitrogen and oxygen atoms in total. The maximum Gasteiger partial charge on any atom is 0.0838 e. The average molecular weight is 272 g/mol. The third-order valence-electron chi connectivity index (χ3n) is 2.86. The molecular formula is C12H18BrNO. The fourth-order valence-electron chi connectivity index (χ4n) is 1.79. The first-order valence-electron chi connectivity index (χ1n) is 5.33. The van der Waals surface area contributed by atoms with Gasteiger partial charge in [-0.3, -0.25) is 0 Å². The van der Waals surface area contributed by atoms with Crippen molar-refractivity contribution < 1.29 is 5.11 Å². The minimum Gasteiger partial charge on any atom is -0.398 e. The Kier molecular flexibility index (Phi) is 4.61. The van der Waals surface area contributed by atoms with Gasteiger partial charge in [0.1, 0.15) is 0 Å². The van der Waals surface area contributed by atoms with Crippen LogP contribution in [0.5, 0.6) is 0 Å². The number of rotatable bonds is 4. The maximum absolute atomic E-state index is 10.2. The zero-order valence-corrected chi connectivity index (χ0v) is 10.8. The Morgan fingerprint density at radius 2 is 1.93 bits per heavy atom. The lowest BCUT2D eigenvalue weighted by atomic mass is 9.90. The van der Waals surface area contributed by atoms with E-state index >= 15 is 0 Å². The third kappa shape index (κ3) is 2.95. The molecule has 84 valence electrons. The number of aliphatic hydroxyl groups excluding tert-OH is 1. The lowest BCUT2D eigenvalue weighted by Crippen LogP contribution is -2.12. The Balaban J connectivity index is 2.98. The summed E-state index contributed by atoms with van der Waals surface area (Å²) in [6, 6.07) is 5.61. The minimum atomic E-state index is -0.461. The first-order chi connectivity index (χ1) is 7.10. The predicted molar refractivity (Wildman–Crippen MR) is 67.6 cm³/mol. The van der Waals surface area contributed by atoms with Crippen LogP contribution in [0.25, 0.3) is 0 Å². The fourth-order valence-corrected chi connectivity index (χ4v) is 2.17. The second-order valence-electron chi connectivity index (χ2n) is 3.79. The molecule has 1 atom stereocenters. The third-order valence-corrected chi connectivity index (χ3v) is 3.36. The Labute approximate surface area is 99.6 Å². The molecule has 0 saturated heterocycles. The molecule has 0 aliphatic rings. The van der Waals surface area contributed by atoms with E-state index in [9.17, 15) is 5.11 Å². The lowest BCUT2D eigenvalue weighted by molar-refractivity contribution is 0.104. The number of benzene rings is 1. The van der Waals surface area contributed by atoms with Crippen LogP contribution in [-0.4, -0.2) is 5.11 Å². The molecule has 1 aromatic carbocycles. The van der Waals surface area contributed by atoms with E-state index in [1.54, 1.807) is 0 Å². The number of aliphatic hydroxyl groups is 1. The highest BCUT2D eigenvalue weighted by Crippen LogP contribution is 2.32. The Morgan fingerprint density at radius 1 is 1.33 bits per heavy atom. The quantitative estimate of drug-likeness (QED) is 0.824. The molecule has 3 heteroatoms. The molecule has 0 aliphatic carbocycles. The molecule has 15 heavy (non-hydrogen) atoms. The summed E-state index contributed by atoms with van der Waals surface area (Å²) in [5.74, 6) is 0.279. The number of anilines is 1. The Hall–Kier alpha value is -0.540. The number of nitrogens with two attached hydrogens (primary N) is 1. The van der Waals surface area contributed by atoms with Crippen molar-refractivity contribution in [3.63, 3.8) is 0 Å². The van der Waals surface area contributed by atoms with Crippen molar-refractivity contribution in [1.82, 2.24) is 0 Å². The summed E-state index contributed by atoms with van der Waals surface area (Å²) >= 11 is 3.39. The molecule has 0 aliphatic heterocycles. The number of nitrogen functional groups attached to an aromatic ring is 1. The minimum absolute atomic E-state index is 0.279. The highest BCUT2D eigenvalue weighted by molar-refractivity contribution is 9.10. The van der Waals surface area contributed by atoms with Gasteiger partial charge in [-0.05, 0) is 24.1 Å². The summed E-state index contributed by atoms with van der Waals surface area (Å²) in [7, 11) is 0. The van der Waals surface area contributed by atoms with Crippen molar-refractivity contribution in [2.45, 2.75) is 32.8 Å². The smallest absolute Gasteiger partial charge is 0.0838 e. The summed E-state index contributed by atoms with van der Waals surface area (Å²) in [5, 5.41) is 10.2. The van der Waals surface area contributed by atoms with Crippen LogP contribution in [0.2, 0.25) is 0 Å². The molecule has 1 unspecified atom stereocenters. The van der Waals surface area contributed by atoms with Crippen LogP contribution >= 0.6 is 15.9 Å². The summed E-state index contributed by atoms with van der Waals surface area (Å²) < 4.78 is 0.955. The molecule has 1 rings (SSSR count). The van der Waals surface area contributed by atoms with Gasteiger partial charge >= 0.3 is 0 Å². The summed E-state index contributed by atoms with van der Waals surface area (Å²) in [4.78, 5) is 0. The molecule has 0 saturated carbocycles. The highest BCUT2D eigenvalue weighted by Gasteiger charge is 2.19. The predicted octanol–water partition coefficient (Wildman–Crippen LogP) is 3.50. The van der Waals surface area contributed by atoms with Gasteiger partial charge < -0.3 is 10.8 Å². The maximum atomic E-state index is 10.2. The van der Waals surface area contributed by atoms with Gasteiger partial charge in [-0.2, -0.15) is 0 Å². The van der Waals surface area contributed by atoms with Crippen molar-refractivity contribution >= 4 is 21.6 Å². The van der Waals surface area contributed by atoms with E-state index in [-0.39, 0.29) is 5.92 Å². The van der Waals surface area contributed by atoms with Crippen molar-refractivity contribution in [3.05, 3.63) is 28.2 Å². The van der Waals surface area contributed by atoms with Gasteiger partial charge in [-0.15, -0.1) is 0 Å². The Morgan fingerprint density at radius 3 is 2.47 bits per heavy atom. The van der Waals surface area contributed by atoms with Crippen LogP contribution < -0.4 is 5.73 Å². The van der Waals surface area contributed by atoms with Crippen LogP contribution in [0.15, 0.2) is 22.7 Å². The number of hydrogen-bond donors (Lipinski definition) is 2. The largest absolute Gasteiger partial charge is 0.398 e. The number of hydrogen-bond acceptors (Lipinski definition) is 2. The van der Waals surface area contributed by atoms with E-state index in [4.69, 9.17) is 5.73 Å². The van der Waals surface area contributed by atoms with Crippen LogP contribution in [0.3, 0.4) is 0 Å². The molecule has 3 N–H and O–H groups in total. The van der Waals surface area contributed by atoms with Crippen molar-refractivity contribution in [2.24, 2.45) is 5.92 Å². The summed E-state index contributed by atoms with van der Waals surface area (Å²) in [6.07, 6.45) is 1.46. The van der Waals surface area contributed by atoms with Gasteiger partial charge in [0.15, 0.2) is 0 Å². The van der Waals surface area contributed by atoms with Crippen LogP contribution in [0, 0.1) is 5.92 Å². The molecule has 0 aromatic heterocycles.